The van der Waals surface area contributed by atoms with Crippen LogP contribution in [0.25, 0.3) is 0 Å². The molecule has 1 aliphatic rings. The Balaban J connectivity index is 1.74. The maximum Gasteiger partial charge on any atom is 0.260 e. The average molecular weight is 359 g/mol. The van der Waals surface area contributed by atoms with Gasteiger partial charge in [-0.1, -0.05) is 12.1 Å². The van der Waals surface area contributed by atoms with Crippen molar-refractivity contribution in [2.45, 2.75) is 18.5 Å². The highest BCUT2D eigenvalue weighted by Gasteiger charge is 2.39. The van der Waals surface area contributed by atoms with Crippen LogP contribution in [-0.4, -0.2) is 55.7 Å². The van der Waals surface area contributed by atoms with E-state index < -0.39 is 0 Å². The van der Waals surface area contributed by atoms with E-state index in [0.29, 0.717) is 0 Å². The number of H-pyrrole nitrogens is 1. The van der Waals surface area contributed by atoms with E-state index in [1.54, 1.807) is 7.11 Å². The number of amides is 1. The zero-order valence-electron chi connectivity index (χ0n) is 15.6. The second kappa shape index (κ2) is 8.33. The number of hydrogen-bond donors (Lipinski definition) is 2. The molecule has 2 aromatic rings. The van der Waals surface area contributed by atoms with Crippen LogP contribution in [0.4, 0.5) is 0 Å². The predicted molar refractivity (Wildman–Crippen MR) is 96.8 cm³/mol. The molecule has 7 heteroatoms. The van der Waals surface area contributed by atoms with Gasteiger partial charge in [0.1, 0.15) is 24.8 Å². The number of carbonyl (C=O) groups excluding carboxylic acids is 1. The van der Waals surface area contributed by atoms with Gasteiger partial charge < -0.3 is 14.8 Å². The van der Waals surface area contributed by atoms with Gasteiger partial charge in [0.25, 0.3) is 5.82 Å². The number of carbonyl (C=O) groups is 1. The molecule has 26 heavy (non-hydrogen) atoms. The summed E-state index contributed by atoms with van der Waals surface area (Å²) >= 11 is 0. The summed E-state index contributed by atoms with van der Waals surface area (Å²) in [5.41, 5.74) is 1.20. The maximum absolute atomic E-state index is 12.1. The first-order chi connectivity index (χ1) is 12.6. The third kappa shape index (κ3) is 4.23. The molecule has 2 heterocycles. The summed E-state index contributed by atoms with van der Waals surface area (Å²) in [5.74, 6) is 2.08. The normalized spacial score (nSPS) is 20.3. The predicted octanol–water partition coefficient (Wildman–Crippen LogP) is 0.578. The number of rotatable bonds is 7. The Kier molecular flexibility index (Phi) is 5.90. The van der Waals surface area contributed by atoms with Gasteiger partial charge in [-0.15, -0.1) is 0 Å². The van der Waals surface area contributed by atoms with Crippen LogP contribution < -0.4 is 14.6 Å². The number of aromatic nitrogens is 2. The molecule has 0 saturated carbocycles. The fraction of sp³-hybridized carbons (Fsp3) is 0.474. The van der Waals surface area contributed by atoms with E-state index in [4.69, 9.17) is 9.47 Å². The molecule has 2 N–H and O–H groups in total. The number of aromatic amines is 1. The highest BCUT2D eigenvalue weighted by Crippen LogP contribution is 2.26. The van der Waals surface area contributed by atoms with Crippen molar-refractivity contribution in [2.24, 2.45) is 7.05 Å². The monoisotopic (exact) mass is 359 g/mol. The zero-order valence-corrected chi connectivity index (χ0v) is 15.6. The molecule has 0 bridgehead atoms. The summed E-state index contributed by atoms with van der Waals surface area (Å²) in [7, 11) is 5.23. The Labute approximate surface area is 153 Å². The lowest BCUT2D eigenvalue weighted by molar-refractivity contribution is -0.679. The summed E-state index contributed by atoms with van der Waals surface area (Å²) in [6, 6.07) is 8.14. The number of methoxy groups -OCH3 is 2. The molecule has 0 radical (unpaired) electrons. The van der Waals surface area contributed by atoms with Crippen LogP contribution in [0.1, 0.15) is 17.3 Å². The lowest BCUT2D eigenvalue weighted by Crippen LogP contribution is -2.44. The highest BCUT2D eigenvalue weighted by atomic mass is 16.5. The largest absolute Gasteiger partial charge is 0.497 e. The molecule has 0 spiro atoms. The summed E-state index contributed by atoms with van der Waals surface area (Å²) in [4.78, 5) is 17.7. The first-order valence-electron chi connectivity index (χ1n) is 8.77. The summed E-state index contributed by atoms with van der Waals surface area (Å²) in [6.45, 7) is 2.55. The summed E-state index contributed by atoms with van der Waals surface area (Å²) in [6.07, 6.45) is 3.92. The van der Waals surface area contributed by atoms with Crippen molar-refractivity contribution >= 4 is 5.91 Å². The molecule has 1 aliphatic heterocycles. The van der Waals surface area contributed by atoms with Crippen molar-refractivity contribution in [3.8, 4) is 5.75 Å². The van der Waals surface area contributed by atoms with Crippen molar-refractivity contribution in [1.29, 1.82) is 0 Å². The lowest BCUT2D eigenvalue weighted by atomic mass is 10.0. The molecular formula is C19H27N4O3+. The van der Waals surface area contributed by atoms with E-state index in [2.05, 4.69) is 31.9 Å². The molecule has 2 atom stereocenters. The van der Waals surface area contributed by atoms with E-state index in [1.165, 1.54) is 12.7 Å². The third-order valence-corrected chi connectivity index (χ3v) is 4.82. The van der Waals surface area contributed by atoms with Gasteiger partial charge in [0.2, 0.25) is 5.91 Å². The van der Waals surface area contributed by atoms with Gasteiger partial charge in [-0.05, 0) is 17.7 Å². The molecule has 1 aromatic heterocycles. The molecule has 1 amide bonds. The van der Waals surface area contributed by atoms with Gasteiger partial charge in [0, 0.05) is 26.7 Å². The number of aryl methyl sites for hydroxylation is 1. The second-order valence-corrected chi connectivity index (χ2v) is 6.72. The Morgan fingerprint density at radius 3 is 2.92 bits per heavy atom. The van der Waals surface area contributed by atoms with Crippen LogP contribution in [0.5, 0.6) is 5.75 Å². The molecule has 1 fully saturated rings. The second-order valence-electron chi connectivity index (χ2n) is 6.72. The molecule has 7 nitrogen and oxygen atoms in total. The third-order valence-electron chi connectivity index (χ3n) is 4.82. The van der Waals surface area contributed by atoms with Crippen LogP contribution >= 0.6 is 0 Å². The van der Waals surface area contributed by atoms with E-state index in [9.17, 15) is 4.79 Å². The van der Waals surface area contributed by atoms with Crippen LogP contribution in [0.2, 0.25) is 0 Å². The highest BCUT2D eigenvalue weighted by molar-refractivity contribution is 5.77. The Morgan fingerprint density at radius 1 is 1.38 bits per heavy atom. The zero-order chi connectivity index (χ0) is 18.5. The van der Waals surface area contributed by atoms with Gasteiger partial charge in [-0.3, -0.25) is 9.69 Å². The van der Waals surface area contributed by atoms with E-state index in [-0.39, 0.29) is 24.5 Å². The van der Waals surface area contributed by atoms with Crippen molar-refractivity contribution in [3.63, 3.8) is 0 Å². The molecule has 3 rings (SSSR count). The van der Waals surface area contributed by atoms with Crippen LogP contribution in [-0.2, 0) is 23.1 Å². The van der Waals surface area contributed by atoms with Gasteiger partial charge in [-0.25, -0.2) is 9.55 Å². The number of imidazole rings is 1. The van der Waals surface area contributed by atoms with Crippen molar-refractivity contribution < 1.29 is 18.8 Å². The number of nitrogens with zero attached hydrogens (tertiary/aromatic N) is 2. The SMILES string of the molecule is COCC(=O)N[C@@H]1CN(Cc2cccc(OC)c2)C[C@H]1c1[nH]cc[n+]1C. The topological polar surface area (TPSA) is 70.5 Å². The van der Waals surface area contributed by atoms with Gasteiger partial charge in [0.15, 0.2) is 0 Å². The van der Waals surface area contributed by atoms with E-state index in [0.717, 1.165) is 31.2 Å². The molecule has 140 valence electrons. The minimum Gasteiger partial charge on any atom is -0.497 e. The quantitative estimate of drug-likeness (QED) is 0.710. The number of hydrogen-bond acceptors (Lipinski definition) is 4. The number of benzene rings is 1. The lowest BCUT2D eigenvalue weighted by Gasteiger charge is -2.17. The fourth-order valence-electron chi connectivity index (χ4n) is 3.63. The first-order valence-corrected chi connectivity index (χ1v) is 8.77. The number of likely N-dealkylation sites (tertiary alicyclic amines) is 1. The first kappa shape index (κ1) is 18.4. The Hall–Kier alpha value is -2.38. The molecule has 1 saturated heterocycles. The Morgan fingerprint density at radius 2 is 2.23 bits per heavy atom. The van der Waals surface area contributed by atoms with E-state index in [1.807, 2.05) is 31.6 Å². The van der Waals surface area contributed by atoms with Crippen LogP contribution in [0.3, 0.4) is 0 Å². The van der Waals surface area contributed by atoms with Gasteiger partial charge in [-0.2, -0.15) is 0 Å². The summed E-state index contributed by atoms with van der Waals surface area (Å²) < 4.78 is 12.4. The standard InChI is InChI=1S/C19H26N4O3/c1-22-8-7-20-19(22)16-11-23(12-17(16)21-18(24)13-25-2)10-14-5-4-6-15(9-14)26-3/h4-9,16-17H,10-13H2,1-3H3,(H,21,24)/p+1/t16-,17-/m1/s1. The maximum atomic E-state index is 12.1. The minimum absolute atomic E-state index is 0.0353. The number of nitrogens with one attached hydrogen (secondary N) is 2. The summed E-state index contributed by atoms with van der Waals surface area (Å²) in [5, 5.41) is 3.12. The fourth-order valence-corrected chi connectivity index (χ4v) is 3.63. The van der Waals surface area contributed by atoms with Crippen LogP contribution in [0.15, 0.2) is 36.7 Å². The number of ether oxygens (including phenoxy) is 2. The smallest absolute Gasteiger partial charge is 0.260 e. The molecule has 1 aromatic carbocycles. The van der Waals surface area contributed by atoms with Gasteiger partial charge >= 0.3 is 0 Å². The van der Waals surface area contributed by atoms with Crippen LogP contribution in [0, 0.1) is 0 Å². The van der Waals surface area contributed by atoms with E-state index >= 15 is 0 Å². The van der Waals surface area contributed by atoms with Crippen molar-refractivity contribution in [1.82, 2.24) is 15.2 Å². The van der Waals surface area contributed by atoms with Gasteiger partial charge in [0.05, 0.1) is 26.1 Å². The minimum atomic E-state index is -0.0834. The van der Waals surface area contributed by atoms with Crippen molar-refractivity contribution in [2.75, 3.05) is 33.9 Å². The Bertz CT molecular complexity index is 746. The van der Waals surface area contributed by atoms with Crippen molar-refractivity contribution in [3.05, 3.63) is 48.0 Å². The average Bonchev–Trinajstić information content (AvgIpc) is 3.21. The molecule has 0 aliphatic carbocycles. The molecular weight excluding hydrogens is 332 g/mol. The molecule has 0 unspecified atom stereocenters.